The molecule has 0 aliphatic carbocycles. The number of hydrogen-bond acceptors (Lipinski definition) is 4. The van der Waals surface area contributed by atoms with Gasteiger partial charge in [-0.05, 0) is 12.5 Å². The predicted octanol–water partition coefficient (Wildman–Crippen LogP) is 1.13. The lowest BCUT2D eigenvalue weighted by molar-refractivity contribution is -0.129. The van der Waals surface area contributed by atoms with Gasteiger partial charge in [0.25, 0.3) is 0 Å². The highest BCUT2D eigenvalue weighted by molar-refractivity contribution is 5.83. The Morgan fingerprint density at radius 1 is 1.35 bits per heavy atom. The van der Waals surface area contributed by atoms with Crippen molar-refractivity contribution in [1.82, 2.24) is 15.1 Å². The molecule has 126 valence electrons. The van der Waals surface area contributed by atoms with Crippen molar-refractivity contribution in [2.75, 3.05) is 33.5 Å². The maximum atomic E-state index is 12.6. The molecule has 0 saturated carbocycles. The lowest BCUT2D eigenvalue weighted by Gasteiger charge is -2.41. The Hall–Kier alpha value is -2.12. The van der Waals surface area contributed by atoms with E-state index in [1.807, 2.05) is 42.2 Å². The van der Waals surface area contributed by atoms with Crippen LogP contribution in [0.15, 0.2) is 30.3 Å². The van der Waals surface area contributed by atoms with E-state index in [1.54, 1.807) is 0 Å². The third kappa shape index (κ3) is 4.20. The van der Waals surface area contributed by atoms with Gasteiger partial charge in [-0.2, -0.15) is 0 Å². The minimum absolute atomic E-state index is 0.144. The van der Waals surface area contributed by atoms with Crippen molar-refractivity contribution in [3.05, 3.63) is 35.9 Å². The van der Waals surface area contributed by atoms with E-state index in [2.05, 4.69) is 5.32 Å². The Morgan fingerprint density at radius 3 is 2.61 bits per heavy atom. The summed E-state index contributed by atoms with van der Waals surface area (Å²) in [5.74, 6) is -0.144. The molecule has 1 fully saturated rings. The third-order valence-electron chi connectivity index (χ3n) is 4.02. The van der Waals surface area contributed by atoms with Crippen molar-refractivity contribution < 1.29 is 19.4 Å². The van der Waals surface area contributed by atoms with E-state index in [0.29, 0.717) is 19.6 Å². The number of piperazine rings is 1. The Balaban J connectivity index is 2.18. The van der Waals surface area contributed by atoms with Crippen molar-refractivity contribution in [3.8, 4) is 0 Å². The molecule has 2 rings (SSSR count). The summed E-state index contributed by atoms with van der Waals surface area (Å²) in [4.78, 5) is 27.2. The van der Waals surface area contributed by atoms with Gasteiger partial charge < -0.3 is 20.1 Å². The van der Waals surface area contributed by atoms with Crippen molar-refractivity contribution in [3.63, 3.8) is 0 Å². The first-order valence-corrected chi connectivity index (χ1v) is 7.59. The zero-order chi connectivity index (χ0) is 16.8. The molecule has 2 N–H and O–H groups in total. The summed E-state index contributed by atoms with van der Waals surface area (Å²) in [5.41, 5.74) is 0.886. The summed E-state index contributed by atoms with van der Waals surface area (Å²) in [7, 11) is 1.52. The van der Waals surface area contributed by atoms with Crippen LogP contribution < -0.4 is 5.32 Å². The highest BCUT2D eigenvalue weighted by Gasteiger charge is 2.34. The Morgan fingerprint density at radius 2 is 2.04 bits per heavy atom. The van der Waals surface area contributed by atoms with Gasteiger partial charge in [0.15, 0.2) is 0 Å². The van der Waals surface area contributed by atoms with Gasteiger partial charge in [-0.15, -0.1) is 0 Å². The highest BCUT2D eigenvalue weighted by Crippen LogP contribution is 2.24. The van der Waals surface area contributed by atoms with E-state index in [9.17, 15) is 14.7 Å². The van der Waals surface area contributed by atoms with Gasteiger partial charge in [-0.3, -0.25) is 9.69 Å². The maximum absolute atomic E-state index is 12.6. The van der Waals surface area contributed by atoms with Crippen molar-refractivity contribution >= 4 is 12.0 Å². The summed E-state index contributed by atoms with van der Waals surface area (Å²) in [5, 5.41) is 11.9. The van der Waals surface area contributed by atoms with Gasteiger partial charge >= 0.3 is 6.09 Å². The molecular formula is C16H23N3O4. The number of carbonyl (C=O) groups is 2. The van der Waals surface area contributed by atoms with Crippen LogP contribution in [0.2, 0.25) is 0 Å². The summed E-state index contributed by atoms with van der Waals surface area (Å²) in [6.45, 7) is 3.41. The van der Waals surface area contributed by atoms with E-state index in [4.69, 9.17) is 4.74 Å². The van der Waals surface area contributed by atoms with E-state index in [0.717, 1.165) is 5.56 Å². The van der Waals surface area contributed by atoms with Crippen LogP contribution in [-0.2, 0) is 9.53 Å². The molecule has 1 heterocycles. The molecule has 0 aromatic heterocycles. The zero-order valence-electron chi connectivity index (χ0n) is 13.4. The number of ether oxygens (including phenoxy) is 1. The van der Waals surface area contributed by atoms with Gasteiger partial charge in [0, 0.05) is 32.8 Å². The van der Waals surface area contributed by atoms with Crippen molar-refractivity contribution in [1.29, 1.82) is 0 Å². The molecule has 1 aliphatic heterocycles. The van der Waals surface area contributed by atoms with Crippen LogP contribution >= 0.6 is 0 Å². The number of benzene rings is 1. The second kappa shape index (κ2) is 7.94. The first-order valence-electron chi connectivity index (χ1n) is 7.59. The van der Waals surface area contributed by atoms with Crippen molar-refractivity contribution in [2.45, 2.75) is 19.0 Å². The Bertz CT molecular complexity index is 537. The average molecular weight is 321 g/mol. The second-order valence-corrected chi connectivity index (χ2v) is 5.61. The van der Waals surface area contributed by atoms with E-state index in [-0.39, 0.29) is 18.7 Å². The lowest BCUT2D eigenvalue weighted by Crippen LogP contribution is -2.56. The first-order chi connectivity index (χ1) is 11.0. The van der Waals surface area contributed by atoms with Crippen LogP contribution in [0.5, 0.6) is 0 Å². The molecule has 0 unspecified atom stereocenters. The van der Waals surface area contributed by atoms with Gasteiger partial charge in [0.05, 0.1) is 0 Å². The maximum Gasteiger partial charge on any atom is 0.407 e. The number of methoxy groups -OCH3 is 1. The quantitative estimate of drug-likeness (QED) is 0.795. The van der Waals surface area contributed by atoms with Crippen LogP contribution in [0.4, 0.5) is 4.79 Å². The number of rotatable bonds is 5. The molecule has 1 aromatic carbocycles. The highest BCUT2D eigenvalue weighted by atomic mass is 16.5. The van der Waals surface area contributed by atoms with Gasteiger partial charge in [0.2, 0.25) is 5.91 Å². The molecule has 7 heteroatoms. The SMILES string of the molecule is COCNC(=O)[C@H](c1ccccc1)N1CCN(C(=O)O)[C@H](C)C1. The first kappa shape index (κ1) is 17.2. The average Bonchev–Trinajstić information content (AvgIpc) is 2.54. The number of nitrogens with one attached hydrogen (secondary N) is 1. The fourth-order valence-electron chi connectivity index (χ4n) is 2.91. The molecule has 1 saturated heterocycles. The number of amides is 2. The van der Waals surface area contributed by atoms with E-state index in [1.165, 1.54) is 12.0 Å². The standard InChI is InChI=1S/C16H23N3O4/c1-12-10-18(8-9-19(12)16(21)22)14(15(20)17-11-23-2)13-6-4-3-5-7-13/h3-7,12,14H,8-11H2,1-2H3,(H,17,20)(H,21,22)/t12-,14+/m1/s1. The monoisotopic (exact) mass is 321 g/mol. The van der Waals surface area contributed by atoms with Crippen LogP contribution in [0.3, 0.4) is 0 Å². The third-order valence-corrected chi connectivity index (χ3v) is 4.02. The molecule has 0 radical (unpaired) electrons. The molecule has 7 nitrogen and oxygen atoms in total. The van der Waals surface area contributed by atoms with Gasteiger partial charge in [-0.1, -0.05) is 30.3 Å². The summed E-state index contributed by atoms with van der Waals surface area (Å²) < 4.78 is 4.92. The lowest BCUT2D eigenvalue weighted by atomic mass is 10.0. The minimum Gasteiger partial charge on any atom is -0.465 e. The molecule has 0 bridgehead atoms. The van der Waals surface area contributed by atoms with Gasteiger partial charge in [0.1, 0.15) is 12.8 Å². The number of carboxylic acid groups (broad SMARTS) is 1. The van der Waals surface area contributed by atoms with Crippen LogP contribution in [0.25, 0.3) is 0 Å². The molecule has 2 atom stereocenters. The largest absolute Gasteiger partial charge is 0.465 e. The molecular weight excluding hydrogens is 298 g/mol. The zero-order valence-corrected chi connectivity index (χ0v) is 13.4. The number of nitrogens with zero attached hydrogens (tertiary/aromatic N) is 2. The fraction of sp³-hybridized carbons (Fsp3) is 0.500. The number of carbonyl (C=O) groups excluding carboxylic acids is 1. The summed E-state index contributed by atoms with van der Waals surface area (Å²) >= 11 is 0. The normalized spacial score (nSPS) is 20.1. The van der Waals surface area contributed by atoms with Crippen molar-refractivity contribution in [2.24, 2.45) is 0 Å². The molecule has 1 aromatic rings. The van der Waals surface area contributed by atoms with E-state index < -0.39 is 12.1 Å². The van der Waals surface area contributed by atoms with Crippen LogP contribution in [0, 0.1) is 0 Å². The second-order valence-electron chi connectivity index (χ2n) is 5.61. The topological polar surface area (TPSA) is 82.1 Å². The summed E-state index contributed by atoms with van der Waals surface area (Å²) in [6.07, 6.45) is -0.919. The predicted molar refractivity (Wildman–Crippen MR) is 85.0 cm³/mol. The molecule has 23 heavy (non-hydrogen) atoms. The minimum atomic E-state index is -0.919. The molecule has 0 spiro atoms. The Labute approximate surface area is 135 Å². The molecule has 1 aliphatic rings. The van der Waals surface area contributed by atoms with Crippen LogP contribution in [-0.4, -0.2) is 66.4 Å². The molecule has 2 amide bonds. The van der Waals surface area contributed by atoms with Gasteiger partial charge in [-0.25, -0.2) is 4.79 Å². The van der Waals surface area contributed by atoms with Crippen LogP contribution in [0.1, 0.15) is 18.5 Å². The Kier molecular flexibility index (Phi) is 5.95. The smallest absolute Gasteiger partial charge is 0.407 e. The fourth-order valence-corrected chi connectivity index (χ4v) is 2.91. The number of hydrogen-bond donors (Lipinski definition) is 2. The summed E-state index contributed by atoms with van der Waals surface area (Å²) in [6, 6.07) is 8.88. The van der Waals surface area contributed by atoms with E-state index >= 15 is 0 Å².